The Morgan fingerprint density at radius 1 is 0.867 bits per heavy atom. The van der Waals surface area contributed by atoms with Crippen LogP contribution in [0.15, 0.2) is 77.7 Å². The molecule has 3 amide bonds. The number of carbonyl (C=O) groups is 3. The number of nitrogens with one attached hydrogen (secondary N) is 2. The molecule has 0 heterocycles. The molecular formula is C22H18FN3O3S. The number of thioether (sulfide) groups is 1. The maximum atomic E-state index is 13.7. The first-order chi connectivity index (χ1) is 14.4. The first-order valence-corrected chi connectivity index (χ1v) is 9.89. The van der Waals surface area contributed by atoms with E-state index in [0.717, 1.165) is 4.90 Å². The van der Waals surface area contributed by atoms with Crippen LogP contribution in [0.25, 0.3) is 0 Å². The molecule has 152 valence electrons. The number of hydrogen-bond acceptors (Lipinski definition) is 4. The van der Waals surface area contributed by atoms with Gasteiger partial charge in [-0.3, -0.25) is 14.4 Å². The molecule has 0 spiro atoms. The van der Waals surface area contributed by atoms with Gasteiger partial charge in [0, 0.05) is 21.8 Å². The molecule has 4 N–H and O–H groups in total. The molecule has 0 aliphatic carbocycles. The Kier molecular flexibility index (Phi) is 6.82. The van der Waals surface area contributed by atoms with Gasteiger partial charge < -0.3 is 16.4 Å². The van der Waals surface area contributed by atoms with Gasteiger partial charge in [0.2, 0.25) is 11.8 Å². The van der Waals surface area contributed by atoms with Gasteiger partial charge in [0.05, 0.1) is 11.3 Å². The Bertz CT molecular complexity index is 1090. The molecule has 6 nitrogen and oxygen atoms in total. The lowest BCUT2D eigenvalue weighted by Gasteiger charge is -2.09. The van der Waals surface area contributed by atoms with Crippen molar-refractivity contribution in [2.24, 2.45) is 5.73 Å². The normalized spacial score (nSPS) is 10.3. The molecule has 30 heavy (non-hydrogen) atoms. The molecule has 3 aromatic carbocycles. The van der Waals surface area contributed by atoms with E-state index in [1.807, 2.05) is 0 Å². The summed E-state index contributed by atoms with van der Waals surface area (Å²) in [7, 11) is 0. The van der Waals surface area contributed by atoms with E-state index in [9.17, 15) is 18.8 Å². The van der Waals surface area contributed by atoms with Crippen molar-refractivity contribution in [1.29, 1.82) is 0 Å². The fourth-order valence-corrected chi connectivity index (χ4v) is 3.33. The van der Waals surface area contributed by atoms with Crippen molar-refractivity contribution in [3.63, 3.8) is 0 Å². The second kappa shape index (κ2) is 9.71. The van der Waals surface area contributed by atoms with Crippen molar-refractivity contribution < 1.29 is 18.8 Å². The number of primary amides is 1. The SMILES string of the molecule is NC(=O)c1ccc(NC(=O)CSc2cccc(NC(=O)c3ccccc3F)c2)cc1. The van der Waals surface area contributed by atoms with Gasteiger partial charge in [-0.25, -0.2) is 4.39 Å². The van der Waals surface area contributed by atoms with Crippen molar-refractivity contribution in [2.45, 2.75) is 4.90 Å². The molecule has 0 aliphatic heterocycles. The number of anilines is 2. The Labute approximate surface area is 176 Å². The summed E-state index contributed by atoms with van der Waals surface area (Å²) in [6.45, 7) is 0. The van der Waals surface area contributed by atoms with Crippen molar-refractivity contribution in [2.75, 3.05) is 16.4 Å². The summed E-state index contributed by atoms with van der Waals surface area (Å²) in [5.74, 6) is -1.77. The van der Waals surface area contributed by atoms with E-state index >= 15 is 0 Å². The van der Waals surface area contributed by atoms with Crippen molar-refractivity contribution in [3.05, 3.63) is 89.7 Å². The number of halogens is 1. The molecular weight excluding hydrogens is 405 g/mol. The zero-order valence-corrected chi connectivity index (χ0v) is 16.5. The molecule has 0 saturated carbocycles. The minimum Gasteiger partial charge on any atom is -0.366 e. The van der Waals surface area contributed by atoms with Gasteiger partial charge in [-0.1, -0.05) is 18.2 Å². The largest absolute Gasteiger partial charge is 0.366 e. The van der Waals surface area contributed by atoms with Crippen LogP contribution in [0.5, 0.6) is 0 Å². The van der Waals surface area contributed by atoms with Crippen molar-refractivity contribution in [1.82, 2.24) is 0 Å². The summed E-state index contributed by atoms with van der Waals surface area (Å²) in [4.78, 5) is 36.2. The molecule has 8 heteroatoms. The highest BCUT2D eigenvalue weighted by Crippen LogP contribution is 2.23. The van der Waals surface area contributed by atoms with Crippen molar-refractivity contribution >= 4 is 40.9 Å². The Balaban J connectivity index is 1.56. The summed E-state index contributed by atoms with van der Waals surface area (Å²) in [6.07, 6.45) is 0. The molecule has 3 aromatic rings. The van der Waals surface area contributed by atoms with E-state index in [2.05, 4.69) is 10.6 Å². The fourth-order valence-electron chi connectivity index (χ4n) is 2.57. The highest BCUT2D eigenvalue weighted by atomic mass is 32.2. The Morgan fingerprint density at radius 3 is 2.30 bits per heavy atom. The lowest BCUT2D eigenvalue weighted by molar-refractivity contribution is -0.113. The molecule has 0 aliphatic rings. The minimum atomic E-state index is -0.596. The topological polar surface area (TPSA) is 101 Å². The van der Waals surface area contributed by atoms with Crippen LogP contribution in [-0.2, 0) is 4.79 Å². The summed E-state index contributed by atoms with van der Waals surface area (Å²) in [5, 5.41) is 5.38. The number of amides is 3. The standard InChI is InChI=1S/C22H18FN3O3S/c23-19-7-2-1-6-18(19)22(29)26-16-4-3-5-17(12-16)30-13-20(27)25-15-10-8-14(9-11-15)21(24)28/h1-12H,13H2,(H2,24,28)(H,25,27)(H,26,29). The smallest absolute Gasteiger partial charge is 0.258 e. The van der Waals surface area contributed by atoms with Crippen LogP contribution in [0, 0.1) is 5.82 Å². The number of rotatable bonds is 7. The summed E-state index contributed by atoms with van der Waals surface area (Å²) in [5.41, 5.74) is 6.55. The Morgan fingerprint density at radius 2 is 1.60 bits per heavy atom. The van der Waals surface area contributed by atoms with Crippen molar-refractivity contribution in [3.8, 4) is 0 Å². The molecule has 0 fully saturated rings. The zero-order chi connectivity index (χ0) is 21.5. The van der Waals surface area contributed by atoms with Gasteiger partial charge in [-0.05, 0) is 54.6 Å². The molecule has 0 unspecified atom stereocenters. The first kappa shape index (κ1) is 21.1. The van der Waals surface area contributed by atoms with Crippen LogP contribution in [0.4, 0.5) is 15.8 Å². The van der Waals surface area contributed by atoms with Gasteiger partial charge in [0.1, 0.15) is 5.82 Å². The average Bonchev–Trinajstić information content (AvgIpc) is 2.73. The van der Waals surface area contributed by atoms with E-state index in [-0.39, 0.29) is 17.2 Å². The third-order valence-corrected chi connectivity index (χ3v) is 5.03. The fraction of sp³-hybridized carbons (Fsp3) is 0.0455. The predicted octanol–water partition coefficient (Wildman–Crippen LogP) is 3.91. The van der Waals surface area contributed by atoms with E-state index in [0.29, 0.717) is 16.9 Å². The molecule has 0 atom stereocenters. The zero-order valence-electron chi connectivity index (χ0n) is 15.7. The summed E-state index contributed by atoms with van der Waals surface area (Å²) in [6, 6.07) is 18.9. The van der Waals surface area contributed by atoms with Crippen LogP contribution in [0.2, 0.25) is 0 Å². The molecule has 0 radical (unpaired) electrons. The number of hydrogen-bond donors (Lipinski definition) is 3. The van der Waals surface area contributed by atoms with E-state index in [4.69, 9.17) is 5.73 Å². The maximum absolute atomic E-state index is 13.7. The van der Waals surface area contributed by atoms with Crippen LogP contribution >= 0.6 is 11.8 Å². The lowest BCUT2D eigenvalue weighted by atomic mass is 10.2. The quantitative estimate of drug-likeness (QED) is 0.502. The van der Waals surface area contributed by atoms with Gasteiger partial charge in [0.25, 0.3) is 5.91 Å². The number of benzene rings is 3. The molecule has 0 aromatic heterocycles. The van der Waals surface area contributed by atoms with Gasteiger partial charge in [-0.15, -0.1) is 11.8 Å². The van der Waals surface area contributed by atoms with E-state index in [1.54, 1.807) is 42.5 Å². The number of carbonyl (C=O) groups excluding carboxylic acids is 3. The third kappa shape index (κ3) is 5.68. The van der Waals surface area contributed by atoms with Crippen LogP contribution < -0.4 is 16.4 Å². The summed E-state index contributed by atoms with van der Waals surface area (Å²) < 4.78 is 13.7. The maximum Gasteiger partial charge on any atom is 0.258 e. The van der Waals surface area contributed by atoms with Gasteiger partial charge in [0.15, 0.2) is 0 Å². The lowest BCUT2D eigenvalue weighted by Crippen LogP contribution is -2.15. The second-order valence-corrected chi connectivity index (χ2v) is 7.29. The summed E-state index contributed by atoms with van der Waals surface area (Å²) >= 11 is 1.28. The highest BCUT2D eigenvalue weighted by Gasteiger charge is 2.11. The third-order valence-electron chi connectivity index (χ3n) is 4.03. The first-order valence-electron chi connectivity index (χ1n) is 8.91. The Hall–Kier alpha value is -3.65. The second-order valence-electron chi connectivity index (χ2n) is 6.24. The molecule has 0 saturated heterocycles. The highest BCUT2D eigenvalue weighted by molar-refractivity contribution is 8.00. The predicted molar refractivity (Wildman–Crippen MR) is 115 cm³/mol. The van der Waals surface area contributed by atoms with E-state index < -0.39 is 17.6 Å². The minimum absolute atomic E-state index is 0.0442. The monoisotopic (exact) mass is 423 g/mol. The van der Waals surface area contributed by atoms with Crippen LogP contribution in [0.3, 0.4) is 0 Å². The molecule has 0 bridgehead atoms. The van der Waals surface area contributed by atoms with Crippen LogP contribution in [-0.4, -0.2) is 23.5 Å². The van der Waals surface area contributed by atoms with E-state index in [1.165, 1.54) is 42.1 Å². The van der Waals surface area contributed by atoms with Crippen LogP contribution in [0.1, 0.15) is 20.7 Å². The average molecular weight is 423 g/mol. The number of nitrogens with two attached hydrogens (primary N) is 1. The van der Waals surface area contributed by atoms with Gasteiger partial charge >= 0.3 is 0 Å². The molecule has 3 rings (SSSR count). The van der Waals surface area contributed by atoms with Gasteiger partial charge in [-0.2, -0.15) is 0 Å².